The molecule has 9 nitrogen and oxygen atoms in total. The number of carbonyl (C=O) groups excluding carboxylic acids is 5. The van der Waals surface area contributed by atoms with Crippen LogP contribution in [0.3, 0.4) is 0 Å². The van der Waals surface area contributed by atoms with Crippen molar-refractivity contribution in [3.8, 4) is 5.75 Å². The van der Waals surface area contributed by atoms with Crippen LogP contribution in [0.15, 0.2) is 42.5 Å². The van der Waals surface area contributed by atoms with Gasteiger partial charge in [-0.1, -0.05) is 23.7 Å². The lowest BCUT2D eigenvalue weighted by atomic mass is 10.0. The normalized spacial score (nSPS) is 17.3. The number of rotatable bonds is 9. The van der Waals surface area contributed by atoms with Crippen LogP contribution < -0.4 is 15.4 Å². The molecule has 0 saturated carbocycles. The zero-order valence-corrected chi connectivity index (χ0v) is 19.6. The molecular formula is C25H24ClN3O6. The topological polar surface area (TPSA) is 122 Å². The van der Waals surface area contributed by atoms with E-state index in [1.165, 1.54) is 6.07 Å². The Balaban J connectivity index is 1.30. The predicted molar refractivity (Wildman–Crippen MR) is 127 cm³/mol. The minimum absolute atomic E-state index is 0.0392. The monoisotopic (exact) mass is 497 g/mol. The Labute approximate surface area is 206 Å². The lowest BCUT2D eigenvalue weighted by Gasteiger charge is -2.27. The first-order chi connectivity index (χ1) is 16.8. The first kappa shape index (κ1) is 24.4. The quantitative estimate of drug-likeness (QED) is 0.405. The minimum atomic E-state index is -1.06. The molecule has 0 aliphatic carbocycles. The number of ether oxygens (including phenoxy) is 1. The highest BCUT2D eigenvalue weighted by atomic mass is 35.5. The van der Waals surface area contributed by atoms with Gasteiger partial charge in [0.2, 0.25) is 17.7 Å². The highest BCUT2D eigenvalue weighted by Crippen LogP contribution is 2.32. The van der Waals surface area contributed by atoms with Crippen LogP contribution in [0, 0.1) is 0 Å². The van der Waals surface area contributed by atoms with Crippen molar-refractivity contribution in [2.75, 3.05) is 11.9 Å². The van der Waals surface area contributed by atoms with Crippen LogP contribution >= 0.6 is 11.6 Å². The fourth-order valence-corrected chi connectivity index (χ4v) is 4.32. The summed E-state index contributed by atoms with van der Waals surface area (Å²) in [6, 6.07) is 10.7. The van der Waals surface area contributed by atoms with E-state index >= 15 is 0 Å². The van der Waals surface area contributed by atoms with Gasteiger partial charge in [-0.25, -0.2) is 0 Å². The van der Waals surface area contributed by atoms with Crippen molar-refractivity contribution < 1.29 is 28.7 Å². The zero-order valence-electron chi connectivity index (χ0n) is 18.8. The molecule has 2 heterocycles. The van der Waals surface area contributed by atoms with Crippen LogP contribution in [-0.4, -0.2) is 47.1 Å². The number of imide groups is 2. The van der Waals surface area contributed by atoms with Gasteiger partial charge in [-0.05, 0) is 56.0 Å². The van der Waals surface area contributed by atoms with E-state index in [9.17, 15) is 24.0 Å². The molecule has 182 valence electrons. The number of hydrogen-bond donors (Lipinski definition) is 2. The summed E-state index contributed by atoms with van der Waals surface area (Å²) in [4.78, 5) is 63.0. The van der Waals surface area contributed by atoms with Gasteiger partial charge >= 0.3 is 0 Å². The Morgan fingerprint density at radius 1 is 1.06 bits per heavy atom. The summed E-state index contributed by atoms with van der Waals surface area (Å²) >= 11 is 5.92. The maximum absolute atomic E-state index is 13.1. The van der Waals surface area contributed by atoms with Crippen LogP contribution in [0.1, 0.15) is 59.2 Å². The number of nitrogens with zero attached hydrogens (tertiary/aromatic N) is 1. The molecule has 5 amide bonds. The van der Waals surface area contributed by atoms with Gasteiger partial charge in [0.05, 0.1) is 23.4 Å². The summed E-state index contributed by atoms with van der Waals surface area (Å²) < 4.78 is 5.63. The molecule has 35 heavy (non-hydrogen) atoms. The van der Waals surface area contributed by atoms with Crippen molar-refractivity contribution >= 4 is 46.8 Å². The van der Waals surface area contributed by atoms with E-state index in [-0.39, 0.29) is 42.0 Å². The van der Waals surface area contributed by atoms with Gasteiger partial charge in [0.25, 0.3) is 11.8 Å². The van der Waals surface area contributed by atoms with Crippen molar-refractivity contribution in [2.24, 2.45) is 0 Å². The molecule has 1 fully saturated rings. The second kappa shape index (κ2) is 10.7. The molecular weight excluding hydrogens is 474 g/mol. The van der Waals surface area contributed by atoms with Crippen molar-refractivity contribution in [1.29, 1.82) is 0 Å². The van der Waals surface area contributed by atoms with Gasteiger partial charge in [-0.2, -0.15) is 0 Å². The van der Waals surface area contributed by atoms with Gasteiger partial charge in [0.15, 0.2) is 0 Å². The molecule has 10 heteroatoms. The Morgan fingerprint density at radius 3 is 2.63 bits per heavy atom. The van der Waals surface area contributed by atoms with E-state index in [2.05, 4.69) is 10.6 Å². The fraction of sp³-hybridized carbons (Fsp3) is 0.320. The molecule has 0 aromatic heterocycles. The second-order valence-electron chi connectivity index (χ2n) is 8.34. The summed E-state index contributed by atoms with van der Waals surface area (Å²) in [6.45, 7) is 0.501. The molecule has 0 bridgehead atoms. The number of nitrogens with one attached hydrogen (secondary N) is 2. The molecule has 1 atom stereocenters. The van der Waals surface area contributed by atoms with Crippen molar-refractivity contribution in [2.45, 2.75) is 44.6 Å². The number of carbonyl (C=O) groups is 5. The molecule has 2 aromatic carbocycles. The number of benzene rings is 2. The van der Waals surface area contributed by atoms with E-state index in [1.54, 1.807) is 24.3 Å². The summed E-state index contributed by atoms with van der Waals surface area (Å²) in [5.41, 5.74) is 0.408. The van der Waals surface area contributed by atoms with Crippen molar-refractivity contribution in [3.05, 3.63) is 58.6 Å². The number of fused-ring (bicyclic) bond motifs is 1. The molecule has 1 unspecified atom stereocenters. The van der Waals surface area contributed by atoms with E-state index in [0.717, 1.165) is 17.7 Å². The number of halogens is 1. The Hall–Kier alpha value is -3.72. The summed E-state index contributed by atoms with van der Waals surface area (Å²) in [7, 11) is 0. The fourth-order valence-electron chi connectivity index (χ4n) is 4.14. The third kappa shape index (κ3) is 5.51. The van der Waals surface area contributed by atoms with Gasteiger partial charge in [-0.15, -0.1) is 0 Å². The highest BCUT2D eigenvalue weighted by molar-refractivity contribution is 6.30. The molecule has 2 aromatic rings. The molecule has 0 spiro atoms. The number of hydrogen-bond acceptors (Lipinski definition) is 6. The highest BCUT2D eigenvalue weighted by Gasteiger charge is 2.45. The number of piperidine rings is 1. The van der Waals surface area contributed by atoms with Crippen molar-refractivity contribution in [1.82, 2.24) is 10.2 Å². The zero-order chi connectivity index (χ0) is 24.9. The second-order valence-corrected chi connectivity index (χ2v) is 8.78. The average Bonchev–Trinajstić information content (AvgIpc) is 3.07. The molecule has 2 aliphatic heterocycles. The molecule has 2 N–H and O–H groups in total. The average molecular weight is 498 g/mol. The first-order valence-corrected chi connectivity index (χ1v) is 11.8. The van der Waals surface area contributed by atoms with Crippen LogP contribution in [0.2, 0.25) is 5.02 Å². The van der Waals surface area contributed by atoms with Crippen LogP contribution in [0.5, 0.6) is 5.75 Å². The van der Waals surface area contributed by atoms with E-state index in [4.69, 9.17) is 16.3 Å². The Morgan fingerprint density at radius 2 is 1.86 bits per heavy atom. The van der Waals surface area contributed by atoms with Gasteiger partial charge in [0, 0.05) is 17.9 Å². The van der Waals surface area contributed by atoms with Crippen LogP contribution in [0.25, 0.3) is 0 Å². The minimum Gasteiger partial charge on any atom is -0.494 e. The predicted octanol–water partition coefficient (Wildman–Crippen LogP) is 3.32. The van der Waals surface area contributed by atoms with Gasteiger partial charge in [-0.3, -0.25) is 34.2 Å². The smallest absolute Gasteiger partial charge is 0.264 e. The first-order valence-electron chi connectivity index (χ1n) is 11.4. The number of unbranched alkanes of at least 4 members (excludes halogenated alkanes) is 2. The van der Waals surface area contributed by atoms with Crippen LogP contribution in [-0.2, 0) is 14.4 Å². The van der Waals surface area contributed by atoms with E-state index < -0.39 is 29.7 Å². The summed E-state index contributed by atoms with van der Waals surface area (Å²) in [5.74, 6) is -1.98. The molecule has 4 rings (SSSR count). The van der Waals surface area contributed by atoms with E-state index in [0.29, 0.717) is 23.8 Å². The molecule has 2 aliphatic rings. The summed E-state index contributed by atoms with van der Waals surface area (Å²) in [6.07, 6.45) is 2.49. The molecule has 0 radical (unpaired) electrons. The maximum Gasteiger partial charge on any atom is 0.264 e. The van der Waals surface area contributed by atoms with Gasteiger partial charge < -0.3 is 10.1 Å². The SMILES string of the molecule is O=C1CCC(N2C(=O)c3cccc(NC(=O)CCCCCOc4cccc(Cl)c4)c3C2=O)C(=O)N1. The third-order valence-electron chi connectivity index (χ3n) is 5.86. The third-order valence-corrected chi connectivity index (χ3v) is 6.09. The lowest BCUT2D eigenvalue weighted by Crippen LogP contribution is -2.54. The summed E-state index contributed by atoms with van der Waals surface area (Å²) in [5, 5.41) is 5.48. The van der Waals surface area contributed by atoms with Crippen LogP contribution in [0.4, 0.5) is 5.69 Å². The Kier molecular flexibility index (Phi) is 7.45. The number of anilines is 1. The van der Waals surface area contributed by atoms with Crippen molar-refractivity contribution in [3.63, 3.8) is 0 Å². The van der Waals surface area contributed by atoms with Gasteiger partial charge in [0.1, 0.15) is 11.8 Å². The standard InChI is InChI=1S/C25H24ClN3O6/c26-15-6-4-7-16(14-15)35-13-3-1-2-10-20(30)27-18-9-5-8-17-22(18)25(34)29(24(17)33)19-11-12-21(31)28-23(19)32/h4-9,14,19H,1-3,10-13H2,(H,27,30)(H,28,31,32). The number of amides is 5. The largest absolute Gasteiger partial charge is 0.494 e. The van der Waals surface area contributed by atoms with E-state index in [1.807, 2.05) is 12.1 Å². The lowest BCUT2D eigenvalue weighted by molar-refractivity contribution is -0.136. The Bertz CT molecular complexity index is 1200. The molecule has 1 saturated heterocycles. The maximum atomic E-state index is 13.1.